The molecule has 0 unspecified atom stereocenters. The van der Waals surface area contributed by atoms with Gasteiger partial charge in [0.1, 0.15) is 23.0 Å². The highest BCUT2D eigenvalue weighted by molar-refractivity contribution is 5.92. The molecule has 0 fully saturated rings. The molecule has 2 N–H and O–H groups in total. The van der Waals surface area contributed by atoms with E-state index in [1.165, 1.54) is 12.1 Å². The minimum Gasteiger partial charge on any atom is -0.508 e. The van der Waals surface area contributed by atoms with Gasteiger partial charge >= 0.3 is 0 Å². The minimum absolute atomic E-state index is 0.168. The van der Waals surface area contributed by atoms with E-state index in [1.54, 1.807) is 41.1 Å². The fourth-order valence-corrected chi connectivity index (χ4v) is 3.77. The maximum Gasteiger partial charge on any atom is 0.123 e. The number of benzene rings is 4. The van der Waals surface area contributed by atoms with Crippen LogP contribution in [0.3, 0.4) is 0 Å². The molecule has 0 spiro atoms. The second-order valence-electron chi connectivity index (χ2n) is 7.42. The van der Waals surface area contributed by atoms with E-state index in [4.69, 9.17) is 5.10 Å². The fourth-order valence-electron chi connectivity index (χ4n) is 3.77. The summed E-state index contributed by atoms with van der Waals surface area (Å²) in [7, 11) is 0. The lowest BCUT2D eigenvalue weighted by atomic mass is 9.95. The van der Waals surface area contributed by atoms with Crippen LogP contribution in [-0.2, 0) is 0 Å². The molecule has 0 atom stereocenters. The molecule has 5 heteroatoms. The molecule has 5 aromatic rings. The Morgan fingerprint density at radius 2 is 1.16 bits per heavy atom. The van der Waals surface area contributed by atoms with Crippen LogP contribution < -0.4 is 0 Å². The number of aromatic hydroxyl groups is 2. The zero-order valence-corrected chi connectivity index (χ0v) is 17.0. The van der Waals surface area contributed by atoms with Crippen LogP contribution in [0, 0.1) is 5.82 Å². The second kappa shape index (κ2) is 8.04. The Morgan fingerprint density at radius 1 is 0.594 bits per heavy atom. The van der Waals surface area contributed by atoms with Crippen molar-refractivity contribution in [1.82, 2.24) is 9.78 Å². The molecule has 0 aliphatic heterocycles. The van der Waals surface area contributed by atoms with Gasteiger partial charge in [-0.3, -0.25) is 0 Å². The summed E-state index contributed by atoms with van der Waals surface area (Å²) in [5.41, 5.74) is 5.79. The molecule has 0 saturated heterocycles. The Balaban J connectivity index is 1.86. The van der Waals surface area contributed by atoms with Crippen molar-refractivity contribution in [3.05, 3.63) is 109 Å². The van der Waals surface area contributed by atoms with Crippen LogP contribution in [0.4, 0.5) is 4.39 Å². The molecule has 0 bridgehead atoms. The average Bonchev–Trinajstić information content (AvgIpc) is 3.22. The Hall–Kier alpha value is -4.38. The van der Waals surface area contributed by atoms with Gasteiger partial charge in [0.2, 0.25) is 0 Å². The monoisotopic (exact) mass is 422 g/mol. The average molecular weight is 422 g/mol. The first-order chi connectivity index (χ1) is 15.6. The van der Waals surface area contributed by atoms with Gasteiger partial charge in [0.25, 0.3) is 0 Å². The van der Waals surface area contributed by atoms with Crippen LogP contribution in [-0.4, -0.2) is 20.0 Å². The van der Waals surface area contributed by atoms with E-state index in [-0.39, 0.29) is 17.3 Å². The Labute approximate surface area is 184 Å². The van der Waals surface area contributed by atoms with Crippen LogP contribution in [0.1, 0.15) is 0 Å². The van der Waals surface area contributed by atoms with E-state index >= 15 is 0 Å². The fraction of sp³-hybridized carbons (Fsp3) is 0. The van der Waals surface area contributed by atoms with Gasteiger partial charge in [-0.25, -0.2) is 9.07 Å². The lowest BCUT2D eigenvalue weighted by Gasteiger charge is -2.11. The van der Waals surface area contributed by atoms with Crippen LogP contribution in [0.5, 0.6) is 11.5 Å². The van der Waals surface area contributed by atoms with Crippen molar-refractivity contribution in [3.63, 3.8) is 0 Å². The predicted molar refractivity (Wildman–Crippen MR) is 123 cm³/mol. The van der Waals surface area contributed by atoms with Crippen LogP contribution in [0.25, 0.3) is 39.3 Å². The minimum atomic E-state index is -0.325. The van der Waals surface area contributed by atoms with Gasteiger partial charge in [-0.1, -0.05) is 30.3 Å². The number of halogens is 1. The number of phenolic OH excluding ortho intramolecular Hbond substituents is 2. The SMILES string of the molecule is Oc1ccc(-c2nn(-c3ccc(F)cc3)c(-c3ccc(O)cc3)c2-c2ccccc2)cc1. The number of hydrogen-bond donors (Lipinski definition) is 2. The third kappa shape index (κ3) is 3.61. The van der Waals surface area contributed by atoms with Crippen LogP contribution >= 0.6 is 0 Å². The number of phenols is 2. The number of rotatable bonds is 4. The first-order valence-corrected chi connectivity index (χ1v) is 10.1. The molecule has 0 aliphatic carbocycles. The normalized spacial score (nSPS) is 10.9. The van der Waals surface area contributed by atoms with Crippen molar-refractivity contribution >= 4 is 0 Å². The van der Waals surface area contributed by atoms with Crippen molar-refractivity contribution in [1.29, 1.82) is 0 Å². The Bertz CT molecular complexity index is 1360. The van der Waals surface area contributed by atoms with Crippen molar-refractivity contribution in [2.45, 2.75) is 0 Å². The molecular formula is C27H19FN2O2. The van der Waals surface area contributed by atoms with E-state index < -0.39 is 0 Å². The highest BCUT2D eigenvalue weighted by Crippen LogP contribution is 2.41. The molecule has 1 heterocycles. The maximum absolute atomic E-state index is 13.6. The maximum atomic E-state index is 13.6. The highest BCUT2D eigenvalue weighted by atomic mass is 19.1. The van der Waals surface area contributed by atoms with Gasteiger partial charge in [-0.05, 0) is 78.4 Å². The first-order valence-electron chi connectivity index (χ1n) is 10.1. The van der Waals surface area contributed by atoms with Gasteiger partial charge < -0.3 is 10.2 Å². The van der Waals surface area contributed by atoms with Crippen molar-refractivity contribution in [2.24, 2.45) is 0 Å². The lowest BCUT2D eigenvalue weighted by Crippen LogP contribution is -1.99. The van der Waals surface area contributed by atoms with E-state index in [1.807, 2.05) is 54.6 Å². The third-order valence-corrected chi connectivity index (χ3v) is 5.30. The summed E-state index contributed by atoms with van der Waals surface area (Å²) in [6.07, 6.45) is 0. The summed E-state index contributed by atoms with van der Waals surface area (Å²) in [5, 5.41) is 24.5. The lowest BCUT2D eigenvalue weighted by molar-refractivity contribution is 0.475. The summed E-state index contributed by atoms with van der Waals surface area (Å²) in [4.78, 5) is 0. The standard InChI is InChI=1S/C27H19FN2O2/c28-21-10-12-22(13-11-21)30-27(20-8-16-24(32)17-9-20)25(18-4-2-1-3-5-18)26(29-30)19-6-14-23(31)15-7-19/h1-17,31-32H. The van der Waals surface area contributed by atoms with E-state index in [0.29, 0.717) is 5.69 Å². The first kappa shape index (κ1) is 19.6. The Morgan fingerprint density at radius 3 is 1.75 bits per heavy atom. The zero-order valence-electron chi connectivity index (χ0n) is 17.0. The third-order valence-electron chi connectivity index (χ3n) is 5.30. The van der Waals surface area contributed by atoms with E-state index in [9.17, 15) is 14.6 Å². The molecule has 32 heavy (non-hydrogen) atoms. The van der Waals surface area contributed by atoms with Gasteiger partial charge in [0, 0.05) is 16.7 Å². The smallest absolute Gasteiger partial charge is 0.123 e. The number of nitrogens with zero attached hydrogens (tertiary/aromatic N) is 2. The highest BCUT2D eigenvalue weighted by Gasteiger charge is 2.23. The van der Waals surface area contributed by atoms with Gasteiger partial charge in [-0.15, -0.1) is 0 Å². The summed E-state index contributed by atoms with van der Waals surface area (Å²) in [6.45, 7) is 0. The van der Waals surface area contributed by atoms with Crippen LogP contribution in [0.2, 0.25) is 0 Å². The second-order valence-corrected chi connectivity index (χ2v) is 7.42. The molecule has 0 radical (unpaired) electrons. The summed E-state index contributed by atoms with van der Waals surface area (Å²) in [6, 6.07) is 29.9. The molecule has 0 saturated carbocycles. The molecular weight excluding hydrogens is 403 g/mol. The van der Waals surface area contributed by atoms with Crippen molar-refractivity contribution < 1.29 is 14.6 Å². The summed E-state index contributed by atoms with van der Waals surface area (Å²) >= 11 is 0. The van der Waals surface area contributed by atoms with Gasteiger partial charge in [0.15, 0.2) is 0 Å². The van der Waals surface area contributed by atoms with Crippen molar-refractivity contribution in [2.75, 3.05) is 0 Å². The van der Waals surface area contributed by atoms with Gasteiger partial charge in [0.05, 0.1) is 11.4 Å². The van der Waals surface area contributed by atoms with E-state index in [0.717, 1.165) is 33.6 Å². The molecule has 4 nitrogen and oxygen atoms in total. The zero-order chi connectivity index (χ0) is 22.1. The largest absolute Gasteiger partial charge is 0.508 e. The molecule has 1 aromatic heterocycles. The topological polar surface area (TPSA) is 58.3 Å². The molecule has 5 rings (SSSR count). The number of aromatic nitrogens is 2. The molecule has 0 amide bonds. The van der Waals surface area contributed by atoms with Crippen LogP contribution in [0.15, 0.2) is 103 Å². The quantitative estimate of drug-likeness (QED) is 0.351. The Kier molecular flexibility index (Phi) is 4.92. The molecule has 156 valence electrons. The number of hydrogen-bond acceptors (Lipinski definition) is 3. The summed E-state index contributed by atoms with van der Waals surface area (Å²) in [5.74, 6) is 0.0162. The van der Waals surface area contributed by atoms with Gasteiger partial charge in [-0.2, -0.15) is 5.10 Å². The predicted octanol–water partition coefficient (Wildman–Crippen LogP) is 6.42. The molecule has 4 aromatic carbocycles. The van der Waals surface area contributed by atoms with Crippen molar-refractivity contribution in [3.8, 4) is 50.8 Å². The summed E-state index contributed by atoms with van der Waals surface area (Å²) < 4.78 is 15.4. The van der Waals surface area contributed by atoms with E-state index in [2.05, 4.69) is 0 Å². The molecule has 0 aliphatic rings.